The number of ether oxygens (including phenoxy) is 6. The molecule has 5 rings (SSSR count). The van der Waals surface area contributed by atoms with Gasteiger partial charge >= 0.3 is 5.63 Å². The van der Waals surface area contributed by atoms with Crippen LogP contribution in [0.4, 0.5) is 0 Å². The maximum atomic E-state index is 13.5. The van der Waals surface area contributed by atoms with Crippen LogP contribution in [0.2, 0.25) is 0 Å². The number of benzene rings is 3. The number of carbonyl (C=O) groups excluding carboxylic acids is 1. The summed E-state index contributed by atoms with van der Waals surface area (Å²) in [5, 5.41) is 14.6. The van der Waals surface area contributed by atoms with E-state index in [1.165, 1.54) is 14.2 Å². The van der Waals surface area contributed by atoms with E-state index in [4.69, 9.17) is 32.8 Å². The summed E-state index contributed by atoms with van der Waals surface area (Å²) < 4.78 is 39.4. The molecule has 2 heterocycles. The first-order valence-electron chi connectivity index (χ1n) is 14.3. The number of carbonyl (C=O) groups is 1. The van der Waals surface area contributed by atoms with Gasteiger partial charge in [0.25, 0.3) is 0 Å². The Morgan fingerprint density at radius 2 is 1.70 bits per heavy atom. The van der Waals surface area contributed by atoms with Crippen LogP contribution in [0.3, 0.4) is 0 Å². The zero-order valence-corrected chi connectivity index (χ0v) is 25.1. The van der Waals surface area contributed by atoms with Crippen molar-refractivity contribution in [2.75, 3.05) is 40.8 Å². The quantitative estimate of drug-likeness (QED) is 0.202. The lowest BCUT2D eigenvalue weighted by molar-refractivity contribution is -0.121. The van der Waals surface area contributed by atoms with E-state index in [0.717, 1.165) is 5.56 Å². The van der Waals surface area contributed by atoms with Crippen molar-refractivity contribution in [2.45, 2.75) is 32.6 Å². The van der Waals surface area contributed by atoms with Crippen LogP contribution in [0.15, 0.2) is 57.7 Å². The third-order valence-corrected chi connectivity index (χ3v) is 7.29. The molecule has 0 bridgehead atoms. The molecule has 1 aliphatic rings. The van der Waals surface area contributed by atoms with Crippen LogP contribution in [-0.4, -0.2) is 51.8 Å². The molecule has 0 aliphatic carbocycles. The van der Waals surface area contributed by atoms with Crippen LogP contribution in [0.5, 0.6) is 40.2 Å². The van der Waals surface area contributed by atoms with Gasteiger partial charge in [-0.1, -0.05) is 18.2 Å². The molecular weight excluding hydrogens is 570 g/mol. The zero-order chi connectivity index (χ0) is 31.2. The van der Waals surface area contributed by atoms with Gasteiger partial charge in [-0.05, 0) is 56.2 Å². The van der Waals surface area contributed by atoms with Crippen molar-refractivity contribution in [2.24, 2.45) is 0 Å². The Balaban J connectivity index is 1.47. The molecule has 4 aromatic rings. The first-order chi connectivity index (χ1) is 21.4. The molecule has 0 radical (unpaired) electrons. The van der Waals surface area contributed by atoms with Gasteiger partial charge in [0.05, 0.1) is 38.4 Å². The van der Waals surface area contributed by atoms with Gasteiger partial charge in [0.2, 0.25) is 24.2 Å². The summed E-state index contributed by atoms with van der Waals surface area (Å²) in [4.78, 5) is 26.9. The minimum absolute atomic E-state index is 0.0589. The van der Waals surface area contributed by atoms with Gasteiger partial charge in [-0.15, -0.1) is 0 Å². The van der Waals surface area contributed by atoms with Crippen LogP contribution in [0.1, 0.15) is 42.9 Å². The number of hydrogen-bond donors (Lipinski definition) is 2. The molecule has 1 aromatic heterocycles. The Labute approximate surface area is 254 Å². The van der Waals surface area contributed by atoms with Gasteiger partial charge in [0.15, 0.2) is 23.0 Å². The molecule has 11 nitrogen and oxygen atoms in total. The molecule has 1 atom stereocenters. The molecule has 3 aromatic carbocycles. The topological polar surface area (TPSA) is 135 Å². The second-order valence-electron chi connectivity index (χ2n) is 9.92. The predicted molar refractivity (Wildman–Crippen MR) is 162 cm³/mol. The third kappa shape index (κ3) is 6.03. The van der Waals surface area contributed by atoms with Crippen molar-refractivity contribution in [3.63, 3.8) is 0 Å². The van der Waals surface area contributed by atoms with Gasteiger partial charge in [0, 0.05) is 24.4 Å². The molecule has 232 valence electrons. The van der Waals surface area contributed by atoms with Crippen molar-refractivity contribution in [1.29, 1.82) is 0 Å². The van der Waals surface area contributed by atoms with Crippen LogP contribution in [0.25, 0.3) is 11.0 Å². The van der Waals surface area contributed by atoms with E-state index in [2.05, 4.69) is 5.32 Å². The third-order valence-electron chi connectivity index (χ3n) is 7.29. The van der Waals surface area contributed by atoms with Gasteiger partial charge < -0.3 is 43.3 Å². The lowest BCUT2D eigenvalue weighted by atomic mass is 9.86. The maximum absolute atomic E-state index is 13.5. The molecule has 11 heteroatoms. The van der Waals surface area contributed by atoms with E-state index in [1.807, 2.05) is 32.0 Å². The number of aromatic hydroxyl groups is 1. The summed E-state index contributed by atoms with van der Waals surface area (Å²) in [5.74, 6) is 0.843. The Bertz CT molecular complexity index is 1710. The largest absolute Gasteiger partial charge is 0.507 e. The summed E-state index contributed by atoms with van der Waals surface area (Å²) in [6, 6.07) is 13.9. The molecule has 1 unspecified atom stereocenters. The highest BCUT2D eigenvalue weighted by Gasteiger charge is 2.35. The molecule has 44 heavy (non-hydrogen) atoms. The fourth-order valence-corrected chi connectivity index (χ4v) is 5.33. The molecule has 2 N–H and O–H groups in total. The van der Waals surface area contributed by atoms with E-state index in [9.17, 15) is 14.7 Å². The second kappa shape index (κ2) is 13.5. The Morgan fingerprint density at radius 1 is 0.955 bits per heavy atom. The van der Waals surface area contributed by atoms with E-state index >= 15 is 0 Å². The van der Waals surface area contributed by atoms with Crippen molar-refractivity contribution < 1.29 is 42.7 Å². The highest BCUT2D eigenvalue weighted by atomic mass is 16.7. The normalized spacial score (nSPS) is 12.5. The van der Waals surface area contributed by atoms with Crippen molar-refractivity contribution in [3.05, 3.63) is 75.6 Å². The number of para-hydroxylation sites is 1. The van der Waals surface area contributed by atoms with Crippen molar-refractivity contribution in [1.82, 2.24) is 5.32 Å². The summed E-state index contributed by atoms with van der Waals surface area (Å²) in [7, 11) is 2.91. The number of amides is 1. The number of hydrogen-bond acceptors (Lipinski definition) is 10. The smallest absolute Gasteiger partial charge is 0.343 e. The van der Waals surface area contributed by atoms with Crippen LogP contribution >= 0.6 is 0 Å². The average Bonchev–Trinajstić information content (AvgIpc) is 3.51. The minimum atomic E-state index is -0.996. The molecule has 0 fully saturated rings. The summed E-state index contributed by atoms with van der Waals surface area (Å²) in [6.07, 6.45) is 0.302. The summed E-state index contributed by atoms with van der Waals surface area (Å²) >= 11 is 0. The van der Waals surface area contributed by atoms with E-state index in [0.29, 0.717) is 60.1 Å². The molecule has 1 aliphatic heterocycles. The van der Waals surface area contributed by atoms with Crippen LogP contribution in [0, 0.1) is 0 Å². The first-order valence-corrected chi connectivity index (χ1v) is 14.3. The lowest BCUT2D eigenvalue weighted by Gasteiger charge is -2.22. The monoisotopic (exact) mass is 605 g/mol. The standard InChI is InChI=1S/C33H35NO10/c1-5-40-24-12-11-19(15-25(24)41-6-2)13-14-34-27(35)17-21(28-29(36)20-9-7-8-10-23(20)44-33(28)37)22-16-26(38-3)31-32(30(22)39-4)43-18-42-31/h7-12,15-16,21,36H,5-6,13-14,17-18H2,1-4H3,(H,34,35). The van der Waals surface area contributed by atoms with Gasteiger partial charge in [0.1, 0.15) is 11.3 Å². The zero-order valence-electron chi connectivity index (χ0n) is 25.1. The molecular formula is C33H35NO10. The summed E-state index contributed by atoms with van der Waals surface area (Å²) in [6.45, 7) is 5.07. The Hall–Kier alpha value is -5.06. The van der Waals surface area contributed by atoms with E-state index in [1.54, 1.807) is 30.3 Å². The second-order valence-corrected chi connectivity index (χ2v) is 9.92. The highest BCUT2D eigenvalue weighted by molar-refractivity contribution is 5.85. The molecule has 0 saturated carbocycles. The summed E-state index contributed by atoms with van der Waals surface area (Å²) in [5.41, 5.74) is 0.679. The number of nitrogens with one attached hydrogen (secondary N) is 1. The number of fused-ring (bicyclic) bond motifs is 2. The minimum Gasteiger partial charge on any atom is -0.507 e. The molecule has 0 spiro atoms. The van der Waals surface area contributed by atoms with Gasteiger partial charge in [-0.2, -0.15) is 0 Å². The van der Waals surface area contributed by atoms with Crippen LogP contribution < -0.4 is 39.4 Å². The Morgan fingerprint density at radius 3 is 2.45 bits per heavy atom. The fourth-order valence-electron chi connectivity index (χ4n) is 5.33. The fraction of sp³-hybridized carbons (Fsp3) is 0.333. The van der Waals surface area contributed by atoms with Crippen molar-refractivity contribution >= 4 is 16.9 Å². The predicted octanol–water partition coefficient (Wildman–Crippen LogP) is 4.92. The highest BCUT2D eigenvalue weighted by Crippen LogP contribution is 2.53. The SMILES string of the molecule is CCOc1ccc(CCNC(=O)CC(c2cc(OC)c3c(c2OC)OCO3)c2c(O)c3ccccc3oc2=O)cc1OCC. The average molecular weight is 606 g/mol. The van der Waals surface area contributed by atoms with E-state index < -0.39 is 11.5 Å². The molecule has 0 saturated heterocycles. The first kappa shape index (κ1) is 30.4. The maximum Gasteiger partial charge on any atom is 0.343 e. The van der Waals surface area contributed by atoms with E-state index in [-0.39, 0.29) is 47.5 Å². The van der Waals surface area contributed by atoms with Crippen molar-refractivity contribution in [3.8, 4) is 40.2 Å². The van der Waals surface area contributed by atoms with Gasteiger partial charge in [-0.25, -0.2) is 4.79 Å². The number of methoxy groups -OCH3 is 2. The number of rotatable bonds is 13. The lowest BCUT2D eigenvalue weighted by Crippen LogP contribution is -2.29. The molecule has 1 amide bonds. The van der Waals surface area contributed by atoms with Crippen LogP contribution in [-0.2, 0) is 11.2 Å². The van der Waals surface area contributed by atoms with Gasteiger partial charge in [-0.3, -0.25) is 4.79 Å². The Kier molecular flexibility index (Phi) is 9.32.